The molecular formula is C23H23BrN2O4S. The van der Waals surface area contributed by atoms with Crippen molar-refractivity contribution in [2.24, 2.45) is 0 Å². The molecule has 0 bridgehead atoms. The number of hydrogen-bond donors (Lipinski definition) is 1. The SMILES string of the molecule is CCOc1c(Br)cc(/C=C2\C(=O)NC(=S)N(c3ccc(C(C)C)cc3)C2=O)cc1OC. The molecule has 1 fully saturated rings. The van der Waals surface area contributed by atoms with Crippen LogP contribution in [0.1, 0.15) is 37.8 Å². The molecule has 0 unspecified atom stereocenters. The van der Waals surface area contributed by atoms with Gasteiger partial charge in [0, 0.05) is 0 Å². The van der Waals surface area contributed by atoms with E-state index in [-0.39, 0.29) is 10.7 Å². The van der Waals surface area contributed by atoms with Gasteiger partial charge in [-0.15, -0.1) is 0 Å². The average molecular weight is 503 g/mol. The Balaban J connectivity index is 2.00. The lowest BCUT2D eigenvalue weighted by atomic mass is 10.0. The summed E-state index contributed by atoms with van der Waals surface area (Å²) in [5.41, 5.74) is 2.31. The number of rotatable bonds is 6. The first kappa shape index (κ1) is 23.0. The van der Waals surface area contributed by atoms with Crippen LogP contribution in [-0.4, -0.2) is 30.6 Å². The number of carbonyl (C=O) groups is 2. The van der Waals surface area contributed by atoms with E-state index in [1.54, 1.807) is 12.1 Å². The minimum absolute atomic E-state index is 0.0281. The van der Waals surface area contributed by atoms with Gasteiger partial charge in [-0.2, -0.15) is 0 Å². The fourth-order valence-electron chi connectivity index (χ4n) is 3.17. The second-order valence-electron chi connectivity index (χ2n) is 7.17. The highest BCUT2D eigenvalue weighted by atomic mass is 79.9. The summed E-state index contributed by atoms with van der Waals surface area (Å²) in [7, 11) is 1.53. The average Bonchev–Trinajstić information content (AvgIpc) is 2.73. The van der Waals surface area contributed by atoms with E-state index in [1.165, 1.54) is 18.1 Å². The summed E-state index contributed by atoms with van der Waals surface area (Å²) in [6, 6.07) is 11.0. The molecule has 8 heteroatoms. The zero-order valence-corrected chi connectivity index (χ0v) is 20.1. The zero-order valence-electron chi connectivity index (χ0n) is 17.7. The van der Waals surface area contributed by atoms with Gasteiger partial charge in [0.15, 0.2) is 16.6 Å². The molecule has 0 atom stereocenters. The number of carbonyl (C=O) groups excluding carboxylic acids is 2. The van der Waals surface area contributed by atoms with Crippen molar-refractivity contribution in [2.75, 3.05) is 18.6 Å². The van der Waals surface area contributed by atoms with E-state index in [0.29, 0.717) is 39.7 Å². The molecule has 0 radical (unpaired) electrons. The molecule has 6 nitrogen and oxygen atoms in total. The summed E-state index contributed by atoms with van der Waals surface area (Å²) in [5.74, 6) is 0.369. The molecule has 0 aromatic heterocycles. The van der Waals surface area contributed by atoms with Crippen LogP contribution in [0.25, 0.3) is 6.08 Å². The Labute approximate surface area is 195 Å². The standard InChI is InChI=1S/C23H23BrN2O4S/c1-5-30-20-18(24)11-14(12-19(20)29-4)10-17-21(27)25-23(31)26(22(17)28)16-8-6-15(7-9-16)13(2)3/h6-13H,5H2,1-4H3,(H,25,27,31)/b17-10+. The molecule has 0 spiro atoms. The van der Waals surface area contributed by atoms with Gasteiger partial charge in [-0.1, -0.05) is 26.0 Å². The van der Waals surface area contributed by atoms with Crippen LogP contribution in [-0.2, 0) is 9.59 Å². The lowest BCUT2D eigenvalue weighted by Crippen LogP contribution is -2.54. The van der Waals surface area contributed by atoms with E-state index in [4.69, 9.17) is 21.7 Å². The highest BCUT2D eigenvalue weighted by Crippen LogP contribution is 2.37. The fraction of sp³-hybridized carbons (Fsp3) is 0.261. The van der Waals surface area contributed by atoms with E-state index in [9.17, 15) is 9.59 Å². The minimum atomic E-state index is -0.547. The largest absolute Gasteiger partial charge is 0.493 e. The molecule has 1 saturated heterocycles. The normalized spacial score (nSPS) is 15.5. The third-order valence-electron chi connectivity index (χ3n) is 4.77. The van der Waals surface area contributed by atoms with Crippen molar-refractivity contribution in [3.05, 3.63) is 57.6 Å². The van der Waals surface area contributed by atoms with Crippen LogP contribution in [0.5, 0.6) is 11.5 Å². The molecule has 31 heavy (non-hydrogen) atoms. The van der Waals surface area contributed by atoms with Crippen LogP contribution in [0.4, 0.5) is 5.69 Å². The molecule has 1 aliphatic rings. The molecular weight excluding hydrogens is 480 g/mol. The van der Waals surface area contributed by atoms with Crippen molar-refractivity contribution >= 4 is 56.8 Å². The zero-order chi connectivity index (χ0) is 22.7. The van der Waals surface area contributed by atoms with Crippen molar-refractivity contribution < 1.29 is 19.1 Å². The summed E-state index contributed by atoms with van der Waals surface area (Å²) < 4.78 is 11.6. The van der Waals surface area contributed by atoms with Gasteiger partial charge in [0.2, 0.25) is 0 Å². The number of thiocarbonyl (C=S) groups is 1. The van der Waals surface area contributed by atoms with Gasteiger partial charge in [0.05, 0.1) is 23.9 Å². The fourth-order valence-corrected chi connectivity index (χ4v) is 4.03. The number of anilines is 1. The third kappa shape index (κ3) is 4.80. The smallest absolute Gasteiger partial charge is 0.270 e. The van der Waals surface area contributed by atoms with Crippen LogP contribution in [0.2, 0.25) is 0 Å². The maximum atomic E-state index is 13.2. The molecule has 1 heterocycles. The summed E-state index contributed by atoms with van der Waals surface area (Å²) in [4.78, 5) is 27.1. The number of methoxy groups -OCH3 is 1. The number of ether oxygens (including phenoxy) is 2. The molecule has 2 aromatic rings. The summed E-state index contributed by atoms with van der Waals surface area (Å²) in [6.07, 6.45) is 1.51. The number of nitrogens with zero attached hydrogens (tertiary/aromatic N) is 1. The molecule has 2 aromatic carbocycles. The van der Waals surface area contributed by atoms with Gasteiger partial charge in [-0.3, -0.25) is 19.8 Å². The Hall–Kier alpha value is -2.71. The van der Waals surface area contributed by atoms with Crippen molar-refractivity contribution in [1.29, 1.82) is 0 Å². The molecule has 2 amide bonds. The Kier molecular flexibility index (Phi) is 7.12. The molecule has 1 N–H and O–H groups in total. The number of halogens is 1. The van der Waals surface area contributed by atoms with Crippen LogP contribution < -0.4 is 19.7 Å². The van der Waals surface area contributed by atoms with Crippen molar-refractivity contribution in [3.8, 4) is 11.5 Å². The van der Waals surface area contributed by atoms with Crippen LogP contribution in [0, 0.1) is 0 Å². The van der Waals surface area contributed by atoms with Gasteiger partial charge in [-0.05, 0) is 82.5 Å². The Morgan fingerprint density at radius 2 is 1.87 bits per heavy atom. The second kappa shape index (κ2) is 9.62. The van der Waals surface area contributed by atoms with E-state index >= 15 is 0 Å². The van der Waals surface area contributed by atoms with Gasteiger partial charge >= 0.3 is 0 Å². The molecule has 0 aliphatic carbocycles. The first-order valence-electron chi connectivity index (χ1n) is 9.78. The van der Waals surface area contributed by atoms with Gasteiger partial charge in [0.1, 0.15) is 5.57 Å². The monoisotopic (exact) mass is 502 g/mol. The number of hydrogen-bond acceptors (Lipinski definition) is 5. The van der Waals surface area contributed by atoms with Crippen molar-refractivity contribution in [2.45, 2.75) is 26.7 Å². The van der Waals surface area contributed by atoms with E-state index in [1.807, 2.05) is 31.2 Å². The topological polar surface area (TPSA) is 67.9 Å². The van der Waals surface area contributed by atoms with Crippen LogP contribution in [0.15, 0.2) is 46.4 Å². The molecule has 3 rings (SSSR count). The summed E-state index contributed by atoms with van der Waals surface area (Å²) in [5, 5.41) is 2.65. The first-order chi connectivity index (χ1) is 14.8. The van der Waals surface area contributed by atoms with Crippen LogP contribution >= 0.6 is 28.1 Å². The lowest BCUT2D eigenvalue weighted by molar-refractivity contribution is -0.122. The highest BCUT2D eigenvalue weighted by molar-refractivity contribution is 9.10. The molecule has 0 saturated carbocycles. The van der Waals surface area contributed by atoms with Gasteiger partial charge < -0.3 is 9.47 Å². The Morgan fingerprint density at radius 3 is 2.45 bits per heavy atom. The predicted molar refractivity (Wildman–Crippen MR) is 129 cm³/mol. The van der Waals surface area contributed by atoms with Crippen LogP contribution in [0.3, 0.4) is 0 Å². The van der Waals surface area contributed by atoms with E-state index in [0.717, 1.165) is 5.56 Å². The number of amides is 2. The highest BCUT2D eigenvalue weighted by Gasteiger charge is 2.34. The predicted octanol–water partition coefficient (Wildman–Crippen LogP) is 4.81. The second-order valence-corrected chi connectivity index (χ2v) is 8.41. The van der Waals surface area contributed by atoms with Crippen molar-refractivity contribution in [1.82, 2.24) is 5.32 Å². The summed E-state index contributed by atoms with van der Waals surface area (Å²) in [6.45, 7) is 6.53. The van der Waals surface area contributed by atoms with Crippen molar-refractivity contribution in [3.63, 3.8) is 0 Å². The van der Waals surface area contributed by atoms with E-state index in [2.05, 4.69) is 35.1 Å². The lowest BCUT2D eigenvalue weighted by Gasteiger charge is -2.29. The first-order valence-corrected chi connectivity index (χ1v) is 11.0. The molecule has 162 valence electrons. The molecule has 1 aliphatic heterocycles. The Morgan fingerprint density at radius 1 is 1.19 bits per heavy atom. The quantitative estimate of drug-likeness (QED) is 0.348. The third-order valence-corrected chi connectivity index (χ3v) is 5.64. The minimum Gasteiger partial charge on any atom is -0.493 e. The number of benzene rings is 2. The number of nitrogens with one attached hydrogen (secondary N) is 1. The summed E-state index contributed by atoms with van der Waals surface area (Å²) >= 11 is 8.73. The van der Waals surface area contributed by atoms with Gasteiger partial charge in [0.25, 0.3) is 11.8 Å². The van der Waals surface area contributed by atoms with E-state index < -0.39 is 11.8 Å². The van der Waals surface area contributed by atoms with Gasteiger partial charge in [-0.25, -0.2) is 0 Å². The maximum Gasteiger partial charge on any atom is 0.270 e. The Bertz CT molecular complexity index is 1060. The maximum absolute atomic E-state index is 13.2.